The molecule has 0 aromatic heterocycles. The third kappa shape index (κ3) is 5.18. The average molecular weight is 460 g/mol. The maximum atomic E-state index is 13.4. The van der Waals surface area contributed by atoms with Crippen LogP contribution in [0.15, 0.2) is 90.1 Å². The Bertz CT molecular complexity index is 1200. The summed E-state index contributed by atoms with van der Waals surface area (Å²) in [4.78, 5) is 28.3. The zero-order valence-corrected chi connectivity index (χ0v) is 19.5. The van der Waals surface area contributed by atoms with E-state index >= 15 is 0 Å². The smallest absolute Gasteiger partial charge is 0.336 e. The molecule has 33 heavy (non-hydrogen) atoms. The van der Waals surface area contributed by atoms with Gasteiger partial charge in [0.25, 0.3) is 0 Å². The molecule has 0 aliphatic carbocycles. The van der Waals surface area contributed by atoms with E-state index in [0.29, 0.717) is 22.8 Å². The van der Waals surface area contributed by atoms with E-state index in [2.05, 4.69) is 0 Å². The first kappa shape index (κ1) is 22.8. The van der Waals surface area contributed by atoms with Gasteiger partial charge in [0.05, 0.1) is 12.1 Å². The van der Waals surface area contributed by atoms with Crippen molar-refractivity contribution in [3.63, 3.8) is 0 Å². The zero-order chi connectivity index (χ0) is 23.4. The monoisotopic (exact) mass is 459 g/mol. The molecule has 168 valence electrons. The Morgan fingerprint density at radius 1 is 0.970 bits per heavy atom. The Hall–Kier alpha value is -3.37. The van der Waals surface area contributed by atoms with Crippen LogP contribution in [0, 0.1) is 6.92 Å². The van der Waals surface area contributed by atoms with Gasteiger partial charge in [-0.2, -0.15) is 0 Å². The lowest BCUT2D eigenvalue weighted by molar-refractivity contribution is -0.141. The lowest BCUT2D eigenvalue weighted by Crippen LogP contribution is -2.38. The van der Waals surface area contributed by atoms with Crippen molar-refractivity contribution >= 4 is 23.5 Å². The molecule has 0 radical (unpaired) electrons. The summed E-state index contributed by atoms with van der Waals surface area (Å²) in [5, 5.41) is 0.610. The topological polar surface area (TPSA) is 46.6 Å². The number of nitrogens with zero attached hydrogens (tertiary/aromatic N) is 1. The summed E-state index contributed by atoms with van der Waals surface area (Å²) >= 11 is 6.14. The van der Waals surface area contributed by atoms with Crippen LogP contribution in [-0.4, -0.2) is 16.8 Å². The maximum Gasteiger partial charge on any atom is 0.336 e. The molecule has 5 heteroatoms. The highest BCUT2D eigenvalue weighted by atomic mass is 35.5. The van der Waals surface area contributed by atoms with E-state index in [1.54, 1.807) is 11.0 Å². The molecule has 0 bridgehead atoms. The van der Waals surface area contributed by atoms with Crippen LogP contribution in [-0.2, 0) is 27.5 Å². The van der Waals surface area contributed by atoms with Crippen molar-refractivity contribution in [2.45, 2.75) is 39.3 Å². The lowest BCUT2D eigenvalue weighted by atomic mass is 9.81. The summed E-state index contributed by atoms with van der Waals surface area (Å²) in [7, 11) is 0. The number of carbonyl (C=O) groups excluding carboxylic acids is 2. The van der Waals surface area contributed by atoms with Crippen LogP contribution in [0.3, 0.4) is 0 Å². The Balaban J connectivity index is 1.70. The number of hydrogen-bond acceptors (Lipinski definition) is 3. The second-order valence-corrected chi connectivity index (χ2v) is 8.72. The van der Waals surface area contributed by atoms with Crippen molar-refractivity contribution in [3.05, 3.63) is 117 Å². The fourth-order valence-electron chi connectivity index (χ4n) is 4.33. The second-order valence-electron chi connectivity index (χ2n) is 8.28. The van der Waals surface area contributed by atoms with E-state index in [1.165, 1.54) is 0 Å². The Labute approximate surface area is 199 Å². The predicted molar refractivity (Wildman–Crippen MR) is 129 cm³/mol. The molecule has 3 aromatic carbocycles. The maximum absolute atomic E-state index is 13.4. The minimum absolute atomic E-state index is 0.0275. The van der Waals surface area contributed by atoms with Gasteiger partial charge >= 0.3 is 5.97 Å². The van der Waals surface area contributed by atoms with Crippen LogP contribution < -0.4 is 0 Å². The minimum atomic E-state index is -0.395. The van der Waals surface area contributed by atoms with Crippen LogP contribution in [0.1, 0.15) is 41.5 Å². The van der Waals surface area contributed by atoms with Gasteiger partial charge in [0.2, 0.25) is 5.91 Å². The van der Waals surface area contributed by atoms with Gasteiger partial charge in [0, 0.05) is 23.1 Å². The highest BCUT2D eigenvalue weighted by Gasteiger charge is 2.37. The standard InChI is InChI=1S/C28H26ClNO3/c1-19-9-6-7-14-24(19)25-16-26(31)30(17-22-12-8-13-23(29)15-22)20(2)27(25)28(32)33-18-21-10-4-3-5-11-21/h3-15,25H,16-18H2,1-2H3. The largest absolute Gasteiger partial charge is 0.457 e. The Morgan fingerprint density at radius 2 is 1.67 bits per heavy atom. The first-order valence-corrected chi connectivity index (χ1v) is 11.3. The molecule has 0 N–H and O–H groups in total. The number of hydrogen-bond donors (Lipinski definition) is 0. The quantitative estimate of drug-likeness (QED) is 0.413. The molecule has 1 amide bonds. The minimum Gasteiger partial charge on any atom is -0.457 e. The van der Waals surface area contributed by atoms with Crippen LogP contribution in [0.25, 0.3) is 0 Å². The number of halogens is 1. The second kappa shape index (κ2) is 10.1. The van der Waals surface area contributed by atoms with E-state index in [4.69, 9.17) is 16.3 Å². The third-order valence-corrected chi connectivity index (χ3v) is 6.28. The van der Waals surface area contributed by atoms with Crippen molar-refractivity contribution in [1.82, 2.24) is 4.90 Å². The number of aryl methyl sites for hydroxylation is 1. The molecule has 4 rings (SSSR count). The SMILES string of the molecule is CC1=C(C(=O)OCc2ccccc2)C(c2ccccc2C)CC(=O)N1Cc1cccc(Cl)c1. The van der Waals surface area contributed by atoms with Gasteiger partial charge in [-0.25, -0.2) is 4.79 Å². The molecule has 0 fully saturated rings. The van der Waals surface area contributed by atoms with Crippen LogP contribution in [0.5, 0.6) is 0 Å². The Morgan fingerprint density at radius 3 is 2.39 bits per heavy atom. The number of carbonyl (C=O) groups is 2. The number of benzene rings is 3. The van der Waals surface area contributed by atoms with E-state index in [9.17, 15) is 9.59 Å². The molecule has 1 heterocycles. The zero-order valence-electron chi connectivity index (χ0n) is 18.8. The van der Waals surface area contributed by atoms with Crippen LogP contribution >= 0.6 is 11.6 Å². The molecule has 1 aliphatic heterocycles. The molecule has 0 spiro atoms. The molecular weight excluding hydrogens is 434 g/mol. The van der Waals surface area contributed by atoms with Gasteiger partial charge in [0.15, 0.2) is 0 Å². The van der Waals surface area contributed by atoms with Crippen molar-refractivity contribution in [2.24, 2.45) is 0 Å². The summed E-state index contributed by atoms with van der Waals surface area (Å²) in [6.07, 6.45) is 0.207. The first-order valence-electron chi connectivity index (χ1n) is 11.0. The molecule has 3 aromatic rings. The molecule has 4 nitrogen and oxygen atoms in total. The first-order chi connectivity index (χ1) is 15.9. The average Bonchev–Trinajstić information content (AvgIpc) is 2.81. The van der Waals surface area contributed by atoms with E-state index < -0.39 is 5.97 Å². The highest BCUT2D eigenvalue weighted by Crippen LogP contribution is 2.39. The fraction of sp³-hybridized carbons (Fsp3) is 0.214. The third-order valence-electron chi connectivity index (χ3n) is 6.05. The van der Waals surface area contributed by atoms with E-state index in [1.807, 2.05) is 86.6 Å². The molecule has 0 saturated heterocycles. The van der Waals surface area contributed by atoms with Gasteiger partial charge in [-0.1, -0.05) is 78.3 Å². The van der Waals surface area contributed by atoms with Crippen molar-refractivity contribution in [2.75, 3.05) is 0 Å². The highest BCUT2D eigenvalue weighted by molar-refractivity contribution is 6.30. The van der Waals surface area contributed by atoms with Gasteiger partial charge in [0.1, 0.15) is 6.61 Å². The van der Waals surface area contributed by atoms with Crippen LogP contribution in [0.4, 0.5) is 0 Å². The fourth-order valence-corrected chi connectivity index (χ4v) is 4.54. The summed E-state index contributed by atoms with van der Waals surface area (Å²) in [6.45, 7) is 4.35. The number of esters is 1. The van der Waals surface area contributed by atoms with Crippen molar-refractivity contribution < 1.29 is 14.3 Å². The van der Waals surface area contributed by atoms with E-state index in [0.717, 1.165) is 22.3 Å². The number of rotatable bonds is 6. The molecule has 0 saturated carbocycles. The summed E-state index contributed by atoms with van der Waals surface area (Å²) in [5.74, 6) is -0.772. The molecule has 1 atom stereocenters. The van der Waals surface area contributed by atoms with Crippen molar-refractivity contribution in [3.8, 4) is 0 Å². The molecular formula is C28H26ClNO3. The van der Waals surface area contributed by atoms with E-state index in [-0.39, 0.29) is 24.9 Å². The van der Waals surface area contributed by atoms with Crippen molar-refractivity contribution in [1.29, 1.82) is 0 Å². The number of ether oxygens (including phenoxy) is 1. The van der Waals surface area contributed by atoms with Gasteiger partial charge in [-0.05, 0) is 48.2 Å². The summed E-state index contributed by atoms with van der Waals surface area (Å²) in [5.41, 5.74) is 4.99. The number of amides is 1. The van der Waals surface area contributed by atoms with Gasteiger partial charge in [-0.15, -0.1) is 0 Å². The molecule has 1 aliphatic rings. The number of allylic oxidation sites excluding steroid dienone is 1. The van der Waals surface area contributed by atoms with Gasteiger partial charge < -0.3 is 9.64 Å². The normalized spacial score (nSPS) is 16.2. The Kier molecular flexibility index (Phi) is 6.95. The van der Waals surface area contributed by atoms with Crippen LogP contribution in [0.2, 0.25) is 5.02 Å². The molecule has 1 unspecified atom stereocenters. The van der Waals surface area contributed by atoms with Gasteiger partial charge in [-0.3, -0.25) is 4.79 Å². The summed E-state index contributed by atoms with van der Waals surface area (Å²) in [6, 6.07) is 24.9. The lowest BCUT2D eigenvalue weighted by Gasteiger charge is -2.35. The summed E-state index contributed by atoms with van der Waals surface area (Å²) < 4.78 is 5.73. The predicted octanol–water partition coefficient (Wildman–Crippen LogP) is 6.18.